The van der Waals surface area contributed by atoms with Crippen LogP contribution in [-0.2, 0) is 0 Å². The molecule has 2 atom stereocenters. The Morgan fingerprint density at radius 2 is 2.17 bits per heavy atom. The molecule has 1 aliphatic heterocycles. The van der Waals surface area contributed by atoms with Gasteiger partial charge in [0, 0.05) is 25.6 Å². The summed E-state index contributed by atoms with van der Waals surface area (Å²) in [7, 11) is 2.06. The number of halogens is 2. The highest BCUT2D eigenvalue weighted by Crippen LogP contribution is 2.42. The minimum absolute atomic E-state index is 0.474. The van der Waals surface area contributed by atoms with Crippen molar-refractivity contribution in [3.8, 4) is 0 Å². The van der Waals surface area contributed by atoms with Crippen LogP contribution in [0.2, 0.25) is 10.0 Å². The average Bonchev–Trinajstić information content (AvgIpc) is 2.99. The molecule has 1 fully saturated rings. The van der Waals surface area contributed by atoms with Crippen LogP contribution in [0.15, 0.2) is 23.2 Å². The Bertz CT molecular complexity index is 501. The number of nitrogens with zero attached hydrogens (tertiary/aromatic N) is 2. The zero-order valence-electron chi connectivity index (χ0n) is 10.2. The van der Waals surface area contributed by atoms with E-state index in [-0.39, 0.29) is 0 Å². The smallest absolute Gasteiger partial charge is 0.194 e. The topological polar surface area (TPSA) is 27.6 Å². The van der Waals surface area contributed by atoms with Crippen molar-refractivity contribution in [1.82, 2.24) is 10.2 Å². The minimum atomic E-state index is 0.474. The van der Waals surface area contributed by atoms with Crippen LogP contribution >= 0.6 is 23.2 Å². The van der Waals surface area contributed by atoms with E-state index in [9.17, 15) is 0 Å². The van der Waals surface area contributed by atoms with Gasteiger partial charge in [-0.25, -0.2) is 0 Å². The van der Waals surface area contributed by atoms with Crippen molar-refractivity contribution in [3.63, 3.8) is 0 Å². The van der Waals surface area contributed by atoms with Crippen LogP contribution in [-0.4, -0.2) is 37.0 Å². The molecule has 2 aliphatic rings. The zero-order valence-corrected chi connectivity index (χ0v) is 11.7. The quantitative estimate of drug-likeness (QED) is 0.904. The summed E-state index contributed by atoms with van der Waals surface area (Å²) >= 11 is 12.0. The van der Waals surface area contributed by atoms with Crippen molar-refractivity contribution < 1.29 is 0 Å². The number of nitrogens with one attached hydrogen (secondary N) is 1. The summed E-state index contributed by atoms with van der Waals surface area (Å²) in [4.78, 5) is 6.60. The van der Waals surface area contributed by atoms with Gasteiger partial charge in [0.1, 0.15) is 0 Å². The van der Waals surface area contributed by atoms with Crippen LogP contribution in [0.4, 0.5) is 0 Å². The molecule has 1 aromatic carbocycles. The largest absolute Gasteiger partial charge is 0.353 e. The number of aliphatic imine (C=N–C) groups is 1. The van der Waals surface area contributed by atoms with E-state index >= 15 is 0 Å². The molecule has 0 unspecified atom stereocenters. The first-order valence-electron chi connectivity index (χ1n) is 6.12. The fraction of sp³-hybridized carbons (Fsp3) is 0.462. The van der Waals surface area contributed by atoms with Gasteiger partial charge in [0.2, 0.25) is 0 Å². The number of rotatable bonds is 2. The summed E-state index contributed by atoms with van der Waals surface area (Å²) < 4.78 is 0. The van der Waals surface area contributed by atoms with Gasteiger partial charge in [0.15, 0.2) is 5.96 Å². The summed E-state index contributed by atoms with van der Waals surface area (Å²) in [5.41, 5.74) is 1.25. The molecule has 3 rings (SSSR count). The molecule has 1 heterocycles. The van der Waals surface area contributed by atoms with E-state index in [1.807, 2.05) is 12.1 Å². The van der Waals surface area contributed by atoms with Gasteiger partial charge in [-0.15, -0.1) is 0 Å². The third-order valence-corrected chi connectivity index (χ3v) is 4.27. The zero-order chi connectivity index (χ0) is 12.7. The lowest BCUT2D eigenvalue weighted by Crippen LogP contribution is -2.37. The first-order valence-corrected chi connectivity index (χ1v) is 6.88. The van der Waals surface area contributed by atoms with E-state index in [2.05, 4.69) is 28.3 Å². The molecule has 0 spiro atoms. The molecule has 1 N–H and O–H groups in total. The molecule has 18 heavy (non-hydrogen) atoms. The Morgan fingerprint density at radius 3 is 2.83 bits per heavy atom. The lowest BCUT2D eigenvalue weighted by molar-refractivity contribution is 0.532. The maximum atomic E-state index is 6.04. The van der Waals surface area contributed by atoms with E-state index in [1.54, 1.807) is 0 Å². The molecule has 3 nitrogen and oxygen atoms in total. The molecule has 0 bridgehead atoms. The van der Waals surface area contributed by atoms with Crippen LogP contribution in [0.1, 0.15) is 17.9 Å². The predicted octanol–water partition coefficient (Wildman–Crippen LogP) is 2.74. The van der Waals surface area contributed by atoms with Crippen molar-refractivity contribution in [2.24, 2.45) is 4.99 Å². The van der Waals surface area contributed by atoms with Gasteiger partial charge in [0.25, 0.3) is 0 Å². The van der Waals surface area contributed by atoms with E-state index < -0.39 is 0 Å². The Hall–Kier alpha value is -0.930. The first-order chi connectivity index (χ1) is 8.65. The number of benzene rings is 1. The summed E-state index contributed by atoms with van der Waals surface area (Å²) in [6.45, 7) is 1.90. The Labute approximate surface area is 117 Å². The van der Waals surface area contributed by atoms with E-state index in [0.29, 0.717) is 22.0 Å². The SMILES string of the molecule is CN1CCN=C1N[C@@H]1C[C@H]1c1ccc(Cl)c(Cl)c1. The van der Waals surface area contributed by atoms with Crippen molar-refractivity contribution in [2.45, 2.75) is 18.4 Å². The molecule has 0 aromatic heterocycles. The lowest BCUT2D eigenvalue weighted by atomic mass is 10.1. The Balaban J connectivity index is 1.65. The highest BCUT2D eigenvalue weighted by atomic mass is 35.5. The van der Waals surface area contributed by atoms with Crippen molar-refractivity contribution in [3.05, 3.63) is 33.8 Å². The third kappa shape index (κ3) is 2.29. The fourth-order valence-electron chi connectivity index (χ4n) is 2.32. The maximum absolute atomic E-state index is 6.04. The summed E-state index contributed by atoms with van der Waals surface area (Å²) in [6.07, 6.45) is 1.13. The molecular weight excluding hydrogens is 269 g/mol. The number of hydrogen-bond donors (Lipinski definition) is 1. The standard InChI is InChI=1S/C13H15Cl2N3/c1-18-5-4-16-13(18)17-12-7-9(12)8-2-3-10(14)11(15)6-8/h2-3,6,9,12H,4-5,7H2,1H3,(H,16,17)/t9-,12+/m0/s1. The molecule has 0 saturated heterocycles. The highest BCUT2D eigenvalue weighted by molar-refractivity contribution is 6.42. The molecule has 96 valence electrons. The van der Waals surface area contributed by atoms with E-state index in [4.69, 9.17) is 23.2 Å². The minimum Gasteiger partial charge on any atom is -0.353 e. The van der Waals surface area contributed by atoms with Gasteiger partial charge < -0.3 is 10.2 Å². The van der Waals surface area contributed by atoms with Crippen LogP contribution in [0.3, 0.4) is 0 Å². The summed E-state index contributed by atoms with van der Waals surface area (Å²) in [5, 5.41) is 4.74. The summed E-state index contributed by atoms with van der Waals surface area (Å²) in [6, 6.07) is 6.37. The fourth-order valence-corrected chi connectivity index (χ4v) is 2.63. The molecule has 0 amide bonds. The summed E-state index contributed by atoms with van der Waals surface area (Å²) in [5.74, 6) is 1.54. The molecular formula is C13H15Cl2N3. The van der Waals surface area contributed by atoms with Crippen molar-refractivity contribution >= 4 is 29.2 Å². The van der Waals surface area contributed by atoms with E-state index in [1.165, 1.54) is 5.56 Å². The molecule has 5 heteroatoms. The maximum Gasteiger partial charge on any atom is 0.194 e. The van der Waals surface area contributed by atoms with Gasteiger partial charge in [-0.1, -0.05) is 29.3 Å². The molecule has 1 saturated carbocycles. The molecule has 1 aromatic rings. The molecule has 1 aliphatic carbocycles. The van der Waals surface area contributed by atoms with Crippen LogP contribution < -0.4 is 5.32 Å². The van der Waals surface area contributed by atoms with Gasteiger partial charge in [-0.05, 0) is 24.1 Å². The number of guanidine groups is 1. The predicted molar refractivity (Wildman–Crippen MR) is 75.7 cm³/mol. The van der Waals surface area contributed by atoms with Crippen LogP contribution in [0.25, 0.3) is 0 Å². The number of hydrogen-bond acceptors (Lipinski definition) is 3. The number of likely N-dealkylation sites (N-methyl/N-ethyl adjacent to an activating group) is 1. The lowest BCUT2D eigenvalue weighted by Gasteiger charge is -2.15. The second-order valence-electron chi connectivity index (χ2n) is 4.89. The normalized spacial score (nSPS) is 26.2. The van der Waals surface area contributed by atoms with Crippen LogP contribution in [0.5, 0.6) is 0 Å². The molecule has 0 radical (unpaired) electrons. The Kier molecular flexibility index (Phi) is 3.12. The highest BCUT2D eigenvalue weighted by Gasteiger charge is 2.40. The van der Waals surface area contributed by atoms with Gasteiger partial charge in [-0.3, -0.25) is 4.99 Å². The average molecular weight is 284 g/mol. The van der Waals surface area contributed by atoms with Crippen molar-refractivity contribution in [1.29, 1.82) is 0 Å². The van der Waals surface area contributed by atoms with Crippen molar-refractivity contribution in [2.75, 3.05) is 20.1 Å². The van der Waals surface area contributed by atoms with E-state index in [0.717, 1.165) is 25.5 Å². The third-order valence-electron chi connectivity index (χ3n) is 3.54. The van der Waals surface area contributed by atoms with Crippen LogP contribution in [0, 0.1) is 0 Å². The first kappa shape index (κ1) is 12.1. The van der Waals surface area contributed by atoms with Gasteiger partial charge in [-0.2, -0.15) is 0 Å². The Morgan fingerprint density at radius 1 is 1.33 bits per heavy atom. The van der Waals surface area contributed by atoms with Gasteiger partial charge in [0.05, 0.1) is 16.6 Å². The second-order valence-corrected chi connectivity index (χ2v) is 5.71. The monoisotopic (exact) mass is 283 g/mol. The van der Waals surface area contributed by atoms with Gasteiger partial charge >= 0.3 is 0 Å². The second kappa shape index (κ2) is 4.63.